The van der Waals surface area contributed by atoms with E-state index in [-0.39, 0.29) is 18.4 Å². The minimum atomic E-state index is -0.274. The molecule has 2 amide bonds. The highest BCUT2D eigenvalue weighted by Gasteiger charge is 2.28. The summed E-state index contributed by atoms with van der Waals surface area (Å²) in [6.45, 7) is 0.223. The lowest BCUT2D eigenvalue weighted by Gasteiger charge is -2.22. The van der Waals surface area contributed by atoms with Gasteiger partial charge in [-0.05, 0) is 48.0 Å². The summed E-state index contributed by atoms with van der Waals surface area (Å²) in [5.74, 6) is 0.211. The normalized spacial score (nSPS) is 12.3. The molecule has 0 spiro atoms. The number of nitrogens with zero attached hydrogens (tertiary/aromatic N) is 1. The molecule has 0 aliphatic carbocycles. The van der Waals surface area contributed by atoms with Crippen LogP contribution in [0.25, 0.3) is 0 Å². The molecule has 0 saturated heterocycles. The Morgan fingerprint density at radius 2 is 1.83 bits per heavy atom. The molecule has 0 radical (unpaired) electrons. The molecular weight excluding hydrogens is 402 g/mol. The molecule has 152 valence electrons. The molecule has 7 heteroatoms. The Bertz CT molecular complexity index is 1100. The first-order chi connectivity index (χ1) is 14.5. The monoisotopic (exact) mass is 421 g/mol. The average molecular weight is 422 g/mol. The number of hydrogen-bond acceptors (Lipinski definition) is 4. The summed E-state index contributed by atoms with van der Waals surface area (Å²) in [5, 5.41) is 6.62. The van der Waals surface area contributed by atoms with Crippen LogP contribution in [-0.4, -0.2) is 25.5 Å². The zero-order chi connectivity index (χ0) is 21.1. The molecule has 3 aromatic carbocycles. The Morgan fingerprint density at radius 3 is 2.60 bits per heavy atom. The number of amides is 2. The number of halogens is 1. The maximum absolute atomic E-state index is 13.2. The Hall–Kier alpha value is -3.51. The largest absolute Gasteiger partial charge is 0.497 e. The molecule has 1 heterocycles. The smallest absolute Gasteiger partial charge is 0.260 e. The summed E-state index contributed by atoms with van der Waals surface area (Å²) in [7, 11) is 1.60. The Labute approximate surface area is 179 Å². The van der Waals surface area contributed by atoms with Gasteiger partial charge in [0.15, 0.2) is 0 Å². The molecule has 0 atom stereocenters. The molecule has 4 rings (SSSR count). The van der Waals surface area contributed by atoms with Gasteiger partial charge in [0.2, 0.25) is 5.91 Å². The first kappa shape index (κ1) is 19.8. The molecule has 3 aromatic rings. The van der Waals surface area contributed by atoms with Crippen molar-refractivity contribution in [3.8, 4) is 5.75 Å². The van der Waals surface area contributed by atoms with Gasteiger partial charge in [-0.3, -0.25) is 14.5 Å². The lowest BCUT2D eigenvalue weighted by molar-refractivity contribution is -0.119. The van der Waals surface area contributed by atoms with E-state index >= 15 is 0 Å². The summed E-state index contributed by atoms with van der Waals surface area (Å²) in [5.41, 5.74) is 3.38. The summed E-state index contributed by atoms with van der Waals surface area (Å²) < 4.78 is 5.14. The van der Waals surface area contributed by atoms with Gasteiger partial charge in [-0.15, -0.1) is 0 Å². The highest BCUT2D eigenvalue weighted by molar-refractivity contribution is 6.31. The van der Waals surface area contributed by atoms with Crippen LogP contribution in [0, 0.1) is 0 Å². The van der Waals surface area contributed by atoms with Crippen molar-refractivity contribution in [1.82, 2.24) is 5.32 Å². The van der Waals surface area contributed by atoms with Crippen LogP contribution in [0.1, 0.15) is 15.9 Å². The van der Waals surface area contributed by atoms with Crippen LogP contribution in [0.4, 0.5) is 17.1 Å². The summed E-state index contributed by atoms with van der Waals surface area (Å²) in [4.78, 5) is 27.4. The molecule has 1 aliphatic heterocycles. The third-order valence-electron chi connectivity index (χ3n) is 4.87. The summed E-state index contributed by atoms with van der Waals surface area (Å²) in [6.07, 6.45) is 0. The molecule has 0 fully saturated rings. The van der Waals surface area contributed by atoms with Crippen molar-refractivity contribution < 1.29 is 14.3 Å². The second-order valence-corrected chi connectivity index (χ2v) is 7.28. The van der Waals surface area contributed by atoms with Gasteiger partial charge >= 0.3 is 0 Å². The molecule has 2 N–H and O–H groups in total. The van der Waals surface area contributed by atoms with Crippen molar-refractivity contribution in [2.24, 2.45) is 0 Å². The number of fused-ring (bicyclic) bond motifs is 2. The Balaban J connectivity index is 1.56. The van der Waals surface area contributed by atoms with E-state index in [0.717, 1.165) is 11.3 Å². The van der Waals surface area contributed by atoms with Crippen molar-refractivity contribution in [3.05, 3.63) is 82.9 Å². The van der Waals surface area contributed by atoms with E-state index in [2.05, 4.69) is 10.6 Å². The number of anilines is 3. The van der Waals surface area contributed by atoms with E-state index in [1.54, 1.807) is 37.4 Å². The predicted octanol–water partition coefficient (Wildman–Crippen LogP) is 4.37. The molecule has 30 heavy (non-hydrogen) atoms. The molecule has 0 bridgehead atoms. The van der Waals surface area contributed by atoms with Crippen LogP contribution in [-0.2, 0) is 11.3 Å². The number of benzene rings is 3. The van der Waals surface area contributed by atoms with Crippen molar-refractivity contribution in [1.29, 1.82) is 0 Å². The topological polar surface area (TPSA) is 70.7 Å². The highest BCUT2D eigenvalue weighted by atomic mass is 35.5. The SMILES string of the molecule is COc1ccc(CNC(=O)CN2C(=O)c3ccccc3Nc3ccc(Cl)cc32)cc1. The number of rotatable bonds is 5. The third kappa shape index (κ3) is 4.09. The van der Waals surface area contributed by atoms with Crippen molar-refractivity contribution in [3.63, 3.8) is 0 Å². The zero-order valence-corrected chi connectivity index (χ0v) is 17.1. The van der Waals surface area contributed by atoms with Gasteiger partial charge in [0.25, 0.3) is 5.91 Å². The van der Waals surface area contributed by atoms with Gasteiger partial charge in [0, 0.05) is 11.6 Å². The van der Waals surface area contributed by atoms with E-state index in [1.165, 1.54) is 4.90 Å². The minimum Gasteiger partial charge on any atom is -0.497 e. The first-order valence-electron chi connectivity index (χ1n) is 9.42. The average Bonchev–Trinajstić information content (AvgIpc) is 2.88. The Kier molecular flexibility index (Phi) is 5.59. The second kappa shape index (κ2) is 8.47. The Morgan fingerprint density at radius 1 is 1.07 bits per heavy atom. The predicted molar refractivity (Wildman–Crippen MR) is 118 cm³/mol. The molecular formula is C23H20ClN3O3. The number of para-hydroxylation sites is 1. The standard InChI is InChI=1S/C23H20ClN3O3/c1-30-17-9-6-15(7-10-17)13-25-22(28)14-27-21-12-16(24)8-11-20(21)26-19-5-3-2-4-18(19)23(27)29/h2-12,26H,13-14H2,1H3,(H,25,28). The van der Waals surface area contributed by atoms with Crippen LogP contribution >= 0.6 is 11.6 Å². The van der Waals surface area contributed by atoms with Crippen LogP contribution in [0.15, 0.2) is 66.7 Å². The summed E-state index contributed by atoms with van der Waals surface area (Å²) in [6, 6.07) is 19.9. The third-order valence-corrected chi connectivity index (χ3v) is 5.11. The van der Waals surface area contributed by atoms with Gasteiger partial charge in [-0.1, -0.05) is 35.9 Å². The van der Waals surface area contributed by atoms with E-state index < -0.39 is 0 Å². The van der Waals surface area contributed by atoms with Crippen LogP contribution in [0.5, 0.6) is 5.75 Å². The maximum atomic E-state index is 13.2. The number of hydrogen-bond donors (Lipinski definition) is 2. The molecule has 1 aliphatic rings. The van der Waals surface area contributed by atoms with Gasteiger partial charge in [-0.25, -0.2) is 0 Å². The number of carbonyl (C=O) groups excluding carboxylic acids is 2. The van der Waals surface area contributed by atoms with Crippen molar-refractivity contribution in [2.75, 3.05) is 23.9 Å². The molecule has 0 unspecified atom stereocenters. The van der Waals surface area contributed by atoms with Gasteiger partial charge < -0.3 is 15.4 Å². The first-order valence-corrected chi connectivity index (χ1v) is 9.80. The van der Waals surface area contributed by atoms with Gasteiger partial charge in [-0.2, -0.15) is 0 Å². The van der Waals surface area contributed by atoms with Crippen molar-refractivity contribution >= 4 is 40.5 Å². The van der Waals surface area contributed by atoms with Crippen LogP contribution in [0.2, 0.25) is 5.02 Å². The maximum Gasteiger partial charge on any atom is 0.260 e. The highest BCUT2D eigenvalue weighted by Crippen LogP contribution is 2.37. The minimum absolute atomic E-state index is 0.127. The van der Waals surface area contributed by atoms with E-state index in [9.17, 15) is 9.59 Å². The molecule has 0 saturated carbocycles. The van der Waals surface area contributed by atoms with Gasteiger partial charge in [0.1, 0.15) is 12.3 Å². The lowest BCUT2D eigenvalue weighted by atomic mass is 10.1. The number of methoxy groups -OCH3 is 1. The number of ether oxygens (including phenoxy) is 1. The quantitative estimate of drug-likeness (QED) is 0.641. The van der Waals surface area contributed by atoms with E-state index in [1.807, 2.05) is 36.4 Å². The fourth-order valence-corrected chi connectivity index (χ4v) is 3.48. The number of nitrogens with one attached hydrogen (secondary N) is 2. The molecule has 0 aromatic heterocycles. The lowest BCUT2D eigenvalue weighted by Crippen LogP contribution is -2.40. The number of carbonyl (C=O) groups is 2. The van der Waals surface area contributed by atoms with Crippen molar-refractivity contribution in [2.45, 2.75) is 6.54 Å². The fourth-order valence-electron chi connectivity index (χ4n) is 3.31. The second-order valence-electron chi connectivity index (χ2n) is 6.85. The van der Waals surface area contributed by atoms with E-state index in [0.29, 0.717) is 34.2 Å². The van der Waals surface area contributed by atoms with Crippen LogP contribution < -0.4 is 20.3 Å². The zero-order valence-electron chi connectivity index (χ0n) is 16.3. The fraction of sp³-hybridized carbons (Fsp3) is 0.130. The van der Waals surface area contributed by atoms with Crippen LogP contribution in [0.3, 0.4) is 0 Å². The van der Waals surface area contributed by atoms with Gasteiger partial charge in [0.05, 0.1) is 29.7 Å². The summed E-state index contributed by atoms with van der Waals surface area (Å²) >= 11 is 6.18. The molecule has 6 nitrogen and oxygen atoms in total. The van der Waals surface area contributed by atoms with E-state index in [4.69, 9.17) is 16.3 Å².